The number of rotatable bonds is 6. The number of hydrogen-bond donors (Lipinski definition) is 1. The third kappa shape index (κ3) is 3.97. The lowest BCUT2D eigenvalue weighted by molar-refractivity contribution is 0.101. The zero-order chi connectivity index (χ0) is 18.5. The minimum absolute atomic E-state index is 0.0321. The molecule has 0 atom stereocenters. The van der Waals surface area contributed by atoms with E-state index in [4.69, 9.17) is 9.26 Å². The molecule has 26 heavy (non-hydrogen) atoms. The number of para-hydroxylation sites is 1. The number of aryl methyl sites for hydroxylation is 1. The zero-order valence-electron chi connectivity index (χ0n) is 14.5. The molecule has 1 N–H and O–H groups in total. The number of amides is 1. The number of Topliss-reactive ketones (excluding diaryl/α,β-unsaturated/α-hetero) is 1. The lowest BCUT2D eigenvalue weighted by Crippen LogP contribution is -2.15. The number of ketones is 1. The summed E-state index contributed by atoms with van der Waals surface area (Å²) in [5.41, 5.74) is 1.91. The molecule has 0 fully saturated rings. The van der Waals surface area contributed by atoms with Crippen LogP contribution in [0.4, 0.5) is 5.69 Å². The third-order valence-corrected chi connectivity index (χ3v) is 3.88. The molecule has 0 unspecified atom stereocenters. The van der Waals surface area contributed by atoms with Crippen molar-refractivity contribution in [3.63, 3.8) is 0 Å². The van der Waals surface area contributed by atoms with Crippen molar-refractivity contribution in [2.24, 2.45) is 0 Å². The summed E-state index contributed by atoms with van der Waals surface area (Å²) in [5.74, 6) is 0.789. The van der Waals surface area contributed by atoms with Crippen molar-refractivity contribution in [1.82, 2.24) is 5.16 Å². The van der Waals surface area contributed by atoms with Crippen LogP contribution in [0.3, 0.4) is 0 Å². The predicted molar refractivity (Wildman–Crippen MR) is 96.4 cm³/mol. The van der Waals surface area contributed by atoms with Gasteiger partial charge in [0.25, 0.3) is 5.91 Å². The van der Waals surface area contributed by atoms with Gasteiger partial charge in [0.05, 0.1) is 5.56 Å². The minimum Gasteiger partial charge on any atom is -0.489 e. The number of aromatic nitrogens is 1. The van der Waals surface area contributed by atoms with Crippen molar-refractivity contribution in [2.45, 2.75) is 20.5 Å². The van der Waals surface area contributed by atoms with Gasteiger partial charge >= 0.3 is 0 Å². The van der Waals surface area contributed by atoms with Gasteiger partial charge in [0.15, 0.2) is 11.5 Å². The van der Waals surface area contributed by atoms with Crippen molar-refractivity contribution in [2.75, 3.05) is 5.32 Å². The Morgan fingerprint density at radius 1 is 1.08 bits per heavy atom. The van der Waals surface area contributed by atoms with E-state index in [1.165, 1.54) is 6.92 Å². The van der Waals surface area contributed by atoms with E-state index in [1.807, 2.05) is 30.3 Å². The highest BCUT2D eigenvalue weighted by molar-refractivity contribution is 6.04. The molecule has 132 valence electrons. The Labute approximate surface area is 150 Å². The minimum atomic E-state index is -0.399. The van der Waals surface area contributed by atoms with Gasteiger partial charge in [-0.05, 0) is 50.2 Å². The number of carbonyl (C=O) groups excluding carboxylic acids is 2. The molecule has 2 aromatic carbocycles. The van der Waals surface area contributed by atoms with Crippen molar-refractivity contribution in [1.29, 1.82) is 0 Å². The van der Waals surface area contributed by atoms with Crippen LogP contribution in [0.1, 0.15) is 39.1 Å². The average Bonchev–Trinajstić information content (AvgIpc) is 3.02. The maximum atomic E-state index is 12.5. The van der Waals surface area contributed by atoms with Crippen LogP contribution in [0, 0.1) is 6.92 Å². The third-order valence-electron chi connectivity index (χ3n) is 3.88. The standard InChI is InChI=1S/C20H18N2O4/c1-13(23)15-8-10-16(11-9-15)21-20(24)19-18(14(2)26-22-19)12-25-17-6-4-3-5-7-17/h3-11H,12H2,1-2H3,(H,21,24). The van der Waals surface area contributed by atoms with E-state index in [0.29, 0.717) is 28.3 Å². The van der Waals surface area contributed by atoms with Crippen LogP contribution in [0.15, 0.2) is 59.1 Å². The summed E-state index contributed by atoms with van der Waals surface area (Å²) >= 11 is 0. The summed E-state index contributed by atoms with van der Waals surface area (Å²) in [6, 6.07) is 16.0. The summed E-state index contributed by atoms with van der Waals surface area (Å²) in [7, 11) is 0. The van der Waals surface area contributed by atoms with Crippen LogP contribution in [-0.4, -0.2) is 16.8 Å². The molecule has 3 aromatic rings. The highest BCUT2D eigenvalue weighted by Gasteiger charge is 2.20. The molecule has 6 heteroatoms. The average molecular weight is 350 g/mol. The second-order valence-electron chi connectivity index (χ2n) is 5.76. The highest BCUT2D eigenvalue weighted by atomic mass is 16.5. The van der Waals surface area contributed by atoms with E-state index >= 15 is 0 Å². The van der Waals surface area contributed by atoms with Crippen molar-refractivity contribution >= 4 is 17.4 Å². The van der Waals surface area contributed by atoms with Gasteiger partial charge in [0.1, 0.15) is 18.1 Å². The second-order valence-corrected chi connectivity index (χ2v) is 5.76. The molecule has 1 amide bonds. The molecule has 0 aliphatic heterocycles. The molecule has 0 radical (unpaired) electrons. The monoisotopic (exact) mass is 350 g/mol. The molecule has 0 saturated carbocycles. The molecule has 3 rings (SSSR count). The quantitative estimate of drug-likeness (QED) is 0.679. The van der Waals surface area contributed by atoms with E-state index in [0.717, 1.165) is 0 Å². The summed E-state index contributed by atoms with van der Waals surface area (Å²) in [6.07, 6.45) is 0. The van der Waals surface area contributed by atoms with Gasteiger partial charge in [-0.15, -0.1) is 0 Å². The first-order valence-electron chi connectivity index (χ1n) is 8.10. The SMILES string of the molecule is CC(=O)c1ccc(NC(=O)c2noc(C)c2COc2ccccc2)cc1. The van der Waals surface area contributed by atoms with Gasteiger partial charge < -0.3 is 14.6 Å². The number of anilines is 1. The molecule has 0 saturated heterocycles. The maximum absolute atomic E-state index is 12.5. The van der Waals surface area contributed by atoms with E-state index in [-0.39, 0.29) is 18.1 Å². The Balaban J connectivity index is 1.72. The van der Waals surface area contributed by atoms with Crippen LogP contribution >= 0.6 is 0 Å². The summed E-state index contributed by atoms with van der Waals surface area (Å²) < 4.78 is 10.9. The molecule has 1 aromatic heterocycles. The molecule has 6 nitrogen and oxygen atoms in total. The smallest absolute Gasteiger partial charge is 0.278 e. The molecule has 0 aliphatic rings. The van der Waals surface area contributed by atoms with E-state index in [1.54, 1.807) is 31.2 Å². The molecule has 1 heterocycles. The first-order chi connectivity index (χ1) is 12.5. The molecule has 0 aliphatic carbocycles. The Kier molecular flexibility index (Phi) is 5.12. The fourth-order valence-corrected chi connectivity index (χ4v) is 2.39. The van der Waals surface area contributed by atoms with Crippen molar-refractivity contribution < 1.29 is 18.8 Å². The number of nitrogens with one attached hydrogen (secondary N) is 1. The van der Waals surface area contributed by atoms with Crippen molar-refractivity contribution in [3.05, 3.63) is 77.2 Å². The Hall–Kier alpha value is -3.41. The van der Waals surface area contributed by atoms with E-state index in [9.17, 15) is 9.59 Å². The fourth-order valence-electron chi connectivity index (χ4n) is 2.39. The Morgan fingerprint density at radius 3 is 2.42 bits per heavy atom. The van der Waals surface area contributed by atoms with Gasteiger partial charge in [-0.25, -0.2) is 0 Å². The summed E-state index contributed by atoms with van der Waals surface area (Å²) in [6.45, 7) is 3.39. The van der Waals surface area contributed by atoms with Gasteiger partial charge in [-0.3, -0.25) is 9.59 Å². The zero-order valence-corrected chi connectivity index (χ0v) is 14.5. The summed E-state index contributed by atoms with van der Waals surface area (Å²) in [4.78, 5) is 23.8. The molecular weight excluding hydrogens is 332 g/mol. The van der Waals surface area contributed by atoms with Crippen molar-refractivity contribution in [3.8, 4) is 5.75 Å². The number of carbonyl (C=O) groups is 2. The lowest BCUT2D eigenvalue weighted by Gasteiger charge is -2.07. The topological polar surface area (TPSA) is 81.4 Å². The molecule has 0 spiro atoms. The molecule has 0 bridgehead atoms. The van der Waals surface area contributed by atoms with Crippen LogP contribution < -0.4 is 10.1 Å². The maximum Gasteiger partial charge on any atom is 0.278 e. The van der Waals surface area contributed by atoms with Gasteiger partial charge in [0.2, 0.25) is 0 Å². The predicted octanol–water partition coefficient (Wildman–Crippen LogP) is 4.02. The Bertz CT molecular complexity index is 915. The first-order valence-corrected chi connectivity index (χ1v) is 8.10. The highest BCUT2D eigenvalue weighted by Crippen LogP contribution is 2.19. The number of nitrogens with zero attached hydrogens (tertiary/aromatic N) is 1. The Morgan fingerprint density at radius 2 is 1.77 bits per heavy atom. The van der Waals surface area contributed by atoms with Gasteiger partial charge in [-0.2, -0.15) is 0 Å². The van der Waals surface area contributed by atoms with Crippen LogP contribution in [0.25, 0.3) is 0 Å². The first kappa shape index (κ1) is 17.4. The van der Waals surface area contributed by atoms with Crippen LogP contribution in [0.2, 0.25) is 0 Å². The van der Waals surface area contributed by atoms with Gasteiger partial charge in [0, 0.05) is 11.3 Å². The second kappa shape index (κ2) is 7.65. The normalized spacial score (nSPS) is 10.4. The summed E-state index contributed by atoms with van der Waals surface area (Å²) in [5, 5.41) is 6.60. The van der Waals surface area contributed by atoms with Gasteiger partial charge in [-0.1, -0.05) is 23.4 Å². The largest absolute Gasteiger partial charge is 0.489 e. The molecular formula is C20H18N2O4. The van der Waals surface area contributed by atoms with E-state index < -0.39 is 5.91 Å². The number of benzene rings is 2. The van der Waals surface area contributed by atoms with Crippen LogP contribution in [0.5, 0.6) is 5.75 Å². The number of ether oxygens (including phenoxy) is 1. The van der Waals surface area contributed by atoms with Crippen LogP contribution in [-0.2, 0) is 6.61 Å². The fraction of sp³-hybridized carbons (Fsp3) is 0.150. The van der Waals surface area contributed by atoms with E-state index in [2.05, 4.69) is 10.5 Å². The number of hydrogen-bond acceptors (Lipinski definition) is 5. The lowest BCUT2D eigenvalue weighted by atomic mass is 10.1.